The number of aliphatic carboxylic acids is 1. The number of fused-ring (bicyclic) bond motifs is 23. The van der Waals surface area contributed by atoms with Crippen molar-refractivity contribution in [1.82, 2.24) is 0 Å². The molecule has 0 aromatic heterocycles. The second-order valence-corrected chi connectivity index (χ2v) is 12.2. The van der Waals surface area contributed by atoms with Crippen molar-refractivity contribution in [3.05, 3.63) is 12.2 Å². The molecular formula is C25H32O2. The van der Waals surface area contributed by atoms with E-state index in [0.717, 1.165) is 82.9 Å². The van der Waals surface area contributed by atoms with Crippen molar-refractivity contribution >= 4 is 5.97 Å². The molecule has 7 saturated carbocycles. The Morgan fingerprint density at radius 2 is 1.22 bits per heavy atom. The molecule has 8 bridgehead atoms. The van der Waals surface area contributed by atoms with Gasteiger partial charge in [0.1, 0.15) is 0 Å². The lowest BCUT2D eigenvalue weighted by atomic mass is 9.53. The lowest BCUT2D eigenvalue weighted by Crippen LogP contribution is -2.48. The predicted octanol–water partition coefficient (Wildman–Crippen LogP) is 4.57. The highest BCUT2D eigenvalue weighted by Crippen LogP contribution is 2.81. The van der Waals surface area contributed by atoms with Gasteiger partial charge in [-0.1, -0.05) is 19.1 Å². The second-order valence-electron chi connectivity index (χ2n) is 12.2. The summed E-state index contributed by atoms with van der Waals surface area (Å²) >= 11 is 0. The lowest BCUT2D eigenvalue weighted by Gasteiger charge is -2.51. The summed E-state index contributed by atoms with van der Waals surface area (Å²) in [6.45, 7) is 2.41. The number of hydrogen-bond acceptors (Lipinski definition) is 1. The van der Waals surface area contributed by atoms with Crippen molar-refractivity contribution in [3.8, 4) is 0 Å². The van der Waals surface area contributed by atoms with Crippen LogP contribution >= 0.6 is 0 Å². The van der Waals surface area contributed by atoms with Gasteiger partial charge in [-0.05, 0) is 120 Å². The number of carboxylic acid groups (broad SMARTS) is 1. The Morgan fingerprint density at radius 1 is 0.741 bits per heavy atom. The molecule has 144 valence electrons. The van der Waals surface area contributed by atoms with Gasteiger partial charge in [-0.2, -0.15) is 0 Å². The van der Waals surface area contributed by atoms with Gasteiger partial charge in [-0.3, -0.25) is 4.79 Å². The Bertz CT molecular complexity index is 770. The average molecular weight is 365 g/mol. The maximum Gasteiger partial charge on any atom is 0.303 e. The fraction of sp³-hybridized carbons (Fsp3) is 0.880. The number of carboxylic acids is 1. The first-order chi connectivity index (χ1) is 13.1. The summed E-state index contributed by atoms with van der Waals surface area (Å²) in [5.41, 5.74) is 0. The van der Waals surface area contributed by atoms with Gasteiger partial charge in [-0.15, -0.1) is 0 Å². The van der Waals surface area contributed by atoms with Gasteiger partial charge in [0.25, 0.3) is 0 Å². The van der Waals surface area contributed by atoms with E-state index in [1.807, 2.05) is 0 Å². The van der Waals surface area contributed by atoms with Gasteiger partial charge in [0.2, 0.25) is 0 Å². The van der Waals surface area contributed by atoms with Crippen LogP contribution in [0.15, 0.2) is 12.2 Å². The van der Waals surface area contributed by atoms with Gasteiger partial charge in [0, 0.05) is 6.42 Å². The van der Waals surface area contributed by atoms with Crippen LogP contribution in [0.25, 0.3) is 0 Å². The number of carbonyl (C=O) groups is 1. The molecule has 8 rings (SSSR count). The molecule has 16 unspecified atom stereocenters. The van der Waals surface area contributed by atoms with E-state index >= 15 is 0 Å². The quantitative estimate of drug-likeness (QED) is 0.576. The van der Waals surface area contributed by atoms with E-state index in [1.165, 1.54) is 12.8 Å². The standard InChI is InChI=1S/C25H32O2/c1-9-12(8-19(26)27)14-5-13(9)22-17-7-18(23(14)22)25-16-6-15(24(17)25)20-10-2-3-11(4-10)21(16)20/h2-3,9-18,20-25H,4-8H2,1H3,(H,26,27). The zero-order valence-electron chi connectivity index (χ0n) is 16.3. The summed E-state index contributed by atoms with van der Waals surface area (Å²) in [6, 6.07) is 0. The molecular weight excluding hydrogens is 332 g/mol. The third-order valence-electron chi connectivity index (χ3n) is 12.4. The SMILES string of the molecule is CC1C(CC(=O)O)C2CC1C1C3CC(C21)C1C2CC(C4C5C=CC(C5)C24)C31. The molecule has 27 heavy (non-hydrogen) atoms. The molecule has 0 spiro atoms. The van der Waals surface area contributed by atoms with Gasteiger partial charge in [0.15, 0.2) is 0 Å². The smallest absolute Gasteiger partial charge is 0.303 e. The molecule has 8 aliphatic carbocycles. The Labute approximate surface area is 162 Å². The van der Waals surface area contributed by atoms with Crippen molar-refractivity contribution in [3.63, 3.8) is 0 Å². The van der Waals surface area contributed by atoms with E-state index in [4.69, 9.17) is 0 Å². The Kier molecular flexibility index (Phi) is 2.53. The van der Waals surface area contributed by atoms with Crippen molar-refractivity contribution in [2.24, 2.45) is 94.7 Å². The molecule has 7 fully saturated rings. The summed E-state index contributed by atoms with van der Waals surface area (Å²) in [6.07, 6.45) is 11.6. The molecule has 0 saturated heterocycles. The minimum atomic E-state index is -0.548. The molecule has 0 aromatic rings. The van der Waals surface area contributed by atoms with Crippen LogP contribution in [0.3, 0.4) is 0 Å². The van der Waals surface area contributed by atoms with Crippen molar-refractivity contribution < 1.29 is 9.90 Å². The zero-order valence-corrected chi connectivity index (χ0v) is 16.3. The summed E-state index contributed by atoms with van der Waals surface area (Å²) in [7, 11) is 0. The highest BCUT2D eigenvalue weighted by molar-refractivity contribution is 5.67. The Morgan fingerprint density at radius 3 is 1.81 bits per heavy atom. The van der Waals surface area contributed by atoms with Crippen molar-refractivity contribution in [2.75, 3.05) is 0 Å². The Hall–Kier alpha value is -0.790. The molecule has 0 amide bonds. The minimum absolute atomic E-state index is 0.447. The van der Waals surface area contributed by atoms with Crippen molar-refractivity contribution in [1.29, 1.82) is 0 Å². The third-order valence-corrected chi connectivity index (χ3v) is 12.4. The fourth-order valence-corrected chi connectivity index (χ4v) is 12.5. The topological polar surface area (TPSA) is 37.3 Å². The summed E-state index contributed by atoms with van der Waals surface area (Å²) in [4.78, 5) is 11.5. The van der Waals surface area contributed by atoms with Crippen LogP contribution in [-0.2, 0) is 4.79 Å². The summed E-state index contributed by atoms with van der Waals surface area (Å²) in [5, 5.41) is 9.49. The molecule has 0 radical (unpaired) electrons. The first-order valence-corrected chi connectivity index (χ1v) is 12.0. The lowest BCUT2D eigenvalue weighted by molar-refractivity contribution is -0.140. The van der Waals surface area contributed by atoms with Crippen molar-refractivity contribution in [2.45, 2.75) is 39.0 Å². The van der Waals surface area contributed by atoms with Crippen LogP contribution in [-0.4, -0.2) is 11.1 Å². The van der Waals surface area contributed by atoms with Gasteiger partial charge < -0.3 is 5.11 Å². The maximum atomic E-state index is 11.5. The zero-order chi connectivity index (χ0) is 17.8. The van der Waals surface area contributed by atoms with Gasteiger partial charge in [0.05, 0.1) is 0 Å². The molecule has 2 nitrogen and oxygen atoms in total. The molecule has 0 heterocycles. The summed E-state index contributed by atoms with van der Waals surface area (Å²) < 4.78 is 0. The summed E-state index contributed by atoms with van der Waals surface area (Å²) in [5.74, 6) is 14.4. The van der Waals surface area contributed by atoms with Crippen LogP contribution in [0.5, 0.6) is 0 Å². The molecule has 16 atom stereocenters. The van der Waals surface area contributed by atoms with E-state index in [1.54, 1.807) is 12.8 Å². The first kappa shape index (κ1) is 15.1. The number of allylic oxidation sites excluding steroid dienone is 2. The average Bonchev–Trinajstić information content (AvgIpc) is 3.43. The van der Waals surface area contributed by atoms with E-state index < -0.39 is 5.97 Å². The monoisotopic (exact) mass is 364 g/mol. The maximum absolute atomic E-state index is 11.5. The van der Waals surface area contributed by atoms with E-state index in [-0.39, 0.29) is 0 Å². The van der Waals surface area contributed by atoms with Crippen LogP contribution in [0.4, 0.5) is 0 Å². The normalized spacial score (nSPS) is 70.1. The van der Waals surface area contributed by atoms with E-state index in [9.17, 15) is 9.90 Å². The predicted molar refractivity (Wildman–Crippen MR) is 101 cm³/mol. The number of hydrogen-bond donors (Lipinski definition) is 1. The van der Waals surface area contributed by atoms with E-state index in [0.29, 0.717) is 18.3 Å². The molecule has 2 heteroatoms. The van der Waals surface area contributed by atoms with Crippen LogP contribution in [0.2, 0.25) is 0 Å². The van der Waals surface area contributed by atoms with Crippen LogP contribution < -0.4 is 0 Å². The van der Waals surface area contributed by atoms with Gasteiger partial charge in [-0.25, -0.2) is 0 Å². The highest BCUT2D eigenvalue weighted by Gasteiger charge is 2.76. The number of rotatable bonds is 2. The van der Waals surface area contributed by atoms with Gasteiger partial charge >= 0.3 is 5.97 Å². The molecule has 8 aliphatic rings. The minimum Gasteiger partial charge on any atom is -0.481 e. The molecule has 0 aromatic carbocycles. The Balaban J connectivity index is 1.17. The van der Waals surface area contributed by atoms with Crippen LogP contribution in [0.1, 0.15) is 39.0 Å². The third kappa shape index (κ3) is 1.47. The highest BCUT2D eigenvalue weighted by atomic mass is 16.4. The van der Waals surface area contributed by atoms with E-state index in [2.05, 4.69) is 19.1 Å². The fourth-order valence-electron chi connectivity index (χ4n) is 12.5. The first-order valence-electron chi connectivity index (χ1n) is 12.0. The molecule has 1 N–H and O–H groups in total. The second kappa shape index (κ2) is 4.51. The van der Waals surface area contributed by atoms with Crippen LogP contribution in [0, 0.1) is 94.7 Å². The largest absolute Gasteiger partial charge is 0.481 e. The molecule has 0 aliphatic heterocycles.